The summed E-state index contributed by atoms with van der Waals surface area (Å²) in [5, 5.41) is 2.42. The molecule has 1 heterocycles. The Kier molecular flexibility index (Phi) is 4.82. The van der Waals surface area contributed by atoms with Crippen LogP contribution >= 0.6 is 0 Å². The molecule has 0 radical (unpaired) electrons. The Morgan fingerprint density at radius 1 is 1.38 bits per heavy atom. The molecule has 7 heteroatoms. The third-order valence-electron chi connectivity index (χ3n) is 3.32. The van der Waals surface area contributed by atoms with E-state index in [2.05, 4.69) is 5.32 Å². The van der Waals surface area contributed by atoms with Gasteiger partial charge < -0.3 is 10.1 Å². The van der Waals surface area contributed by atoms with Crippen LogP contribution in [-0.2, 0) is 10.9 Å². The lowest BCUT2D eigenvalue weighted by molar-refractivity contribution is -0.140. The van der Waals surface area contributed by atoms with Crippen LogP contribution in [0.4, 0.5) is 17.6 Å². The highest BCUT2D eigenvalue weighted by Crippen LogP contribution is 2.32. The van der Waals surface area contributed by atoms with Gasteiger partial charge >= 0.3 is 6.18 Å². The highest BCUT2D eigenvalue weighted by atomic mass is 19.4. The summed E-state index contributed by atoms with van der Waals surface area (Å²) in [6, 6.07) is 2.66. The van der Waals surface area contributed by atoms with Gasteiger partial charge in [0.25, 0.3) is 5.91 Å². The van der Waals surface area contributed by atoms with Gasteiger partial charge in [-0.15, -0.1) is 0 Å². The molecule has 116 valence electrons. The predicted octanol–water partition coefficient (Wildman–Crippen LogP) is 3.14. The monoisotopic (exact) mass is 305 g/mol. The first-order valence-corrected chi connectivity index (χ1v) is 6.65. The number of ether oxygens (including phenoxy) is 1. The van der Waals surface area contributed by atoms with Gasteiger partial charge in [0.15, 0.2) is 0 Å². The van der Waals surface area contributed by atoms with Crippen molar-refractivity contribution < 1.29 is 27.1 Å². The minimum Gasteiger partial charge on any atom is -0.378 e. The normalized spacial score (nSPS) is 18.8. The van der Waals surface area contributed by atoms with Crippen LogP contribution in [0, 0.1) is 5.82 Å². The molecule has 1 unspecified atom stereocenters. The van der Waals surface area contributed by atoms with Gasteiger partial charge in [-0.1, -0.05) is 6.07 Å². The van der Waals surface area contributed by atoms with Crippen LogP contribution in [0.2, 0.25) is 0 Å². The highest BCUT2D eigenvalue weighted by molar-refractivity contribution is 5.94. The zero-order chi connectivity index (χ0) is 15.5. The largest absolute Gasteiger partial charge is 0.419 e. The Balaban J connectivity index is 1.98. The summed E-state index contributed by atoms with van der Waals surface area (Å²) in [5.74, 6) is -2.39. The molecular weight excluding hydrogens is 290 g/mol. The standard InChI is InChI=1S/C14H15F4NO2/c15-12-10(4-1-5-11(12)14(16,17)18)13(20)19-7-6-9-3-2-8-21-9/h1,4-5,9H,2-3,6-8H2,(H,19,20). The molecule has 1 N–H and O–H groups in total. The maximum atomic E-state index is 13.7. The van der Waals surface area contributed by atoms with Gasteiger partial charge in [-0.2, -0.15) is 13.2 Å². The number of hydrogen-bond acceptors (Lipinski definition) is 2. The fourth-order valence-electron chi connectivity index (χ4n) is 2.24. The van der Waals surface area contributed by atoms with Crippen LogP contribution < -0.4 is 5.32 Å². The second kappa shape index (κ2) is 6.43. The van der Waals surface area contributed by atoms with Gasteiger partial charge in [0.05, 0.1) is 17.2 Å². The maximum absolute atomic E-state index is 13.7. The minimum absolute atomic E-state index is 0.0525. The number of carbonyl (C=O) groups excluding carboxylic acids is 1. The van der Waals surface area contributed by atoms with Gasteiger partial charge in [0.2, 0.25) is 0 Å². The first kappa shape index (κ1) is 15.8. The van der Waals surface area contributed by atoms with Crippen molar-refractivity contribution in [2.75, 3.05) is 13.2 Å². The summed E-state index contributed by atoms with van der Waals surface area (Å²) in [5.41, 5.74) is -2.04. The molecule has 3 nitrogen and oxygen atoms in total. The van der Waals surface area contributed by atoms with Crippen LogP contribution in [0.3, 0.4) is 0 Å². The minimum atomic E-state index is -4.82. The number of benzene rings is 1. The molecule has 0 aliphatic carbocycles. The average molecular weight is 305 g/mol. The summed E-state index contributed by atoms with van der Waals surface area (Å²) in [6.45, 7) is 0.917. The van der Waals surface area contributed by atoms with Gasteiger partial charge in [0.1, 0.15) is 5.82 Å². The van der Waals surface area contributed by atoms with E-state index in [1.165, 1.54) is 0 Å². The molecule has 0 spiro atoms. The van der Waals surface area contributed by atoms with E-state index in [4.69, 9.17) is 4.74 Å². The molecule has 1 aromatic carbocycles. The van der Waals surface area contributed by atoms with Crippen molar-refractivity contribution in [1.82, 2.24) is 5.32 Å². The van der Waals surface area contributed by atoms with Crippen molar-refractivity contribution in [1.29, 1.82) is 0 Å². The molecule has 1 aliphatic heterocycles. The predicted molar refractivity (Wildman–Crippen MR) is 67.3 cm³/mol. The van der Waals surface area contributed by atoms with Crippen molar-refractivity contribution in [2.45, 2.75) is 31.5 Å². The van der Waals surface area contributed by atoms with E-state index >= 15 is 0 Å². The summed E-state index contributed by atoms with van der Waals surface area (Å²) in [7, 11) is 0. The second-order valence-corrected chi connectivity index (χ2v) is 4.84. The summed E-state index contributed by atoms with van der Waals surface area (Å²) in [4.78, 5) is 11.8. The van der Waals surface area contributed by atoms with Gasteiger partial charge in [-0.25, -0.2) is 4.39 Å². The molecule has 0 aromatic heterocycles. The molecule has 1 fully saturated rings. The average Bonchev–Trinajstić information content (AvgIpc) is 2.90. The van der Waals surface area contributed by atoms with E-state index in [1.54, 1.807) is 0 Å². The third kappa shape index (κ3) is 3.93. The third-order valence-corrected chi connectivity index (χ3v) is 3.32. The molecule has 1 aliphatic rings. The van der Waals surface area contributed by atoms with Crippen molar-refractivity contribution in [3.63, 3.8) is 0 Å². The van der Waals surface area contributed by atoms with Gasteiger partial charge in [0, 0.05) is 13.2 Å². The van der Waals surface area contributed by atoms with Crippen LogP contribution in [0.25, 0.3) is 0 Å². The van der Waals surface area contributed by atoms with Crippen molar-refractivity contribution in [3.05, 3.63) is 35.1 Å². The Labute approximate surface area is 119 Å². The van der Waals surface area contributed by atoms with Gasteiger partial charge in [-0.3, -0.25) is 4.79 Å². The number of rotatable bonds is 4. The first-order valence-electron chi connectivity index (χ1n) is 6.65. The highest BCUT2D eigenvalue weighted by Gasteiger charge is 2.35. The van der Waals surface area contributed by atoms with Crippen molar-refractivity contribution in [3.8, 4) is 0 Å². The van der Waals surface area contributed by atoms with E-state index in [-0.39, 0.29) is 12.6 Å². The Bertz CT molecular complexity index is 510. The molecular formula is C14H15F4NO2. The van der Waals surface area contributed by atoms with E-state index in [0.29, 0.717) is 19.1 Å². The van der Waals surface area contributed by atoms with Crippen molar-refractivity contribution in [2.24, 2.45) is 0 Å². The van der Waals surface area contributed by atoms with Crippen LogP contribution in [-0.4, -0.2) is 25.2 Å². The molecule has 0 bridgehead atoms. The fraction of sp³-hybridized carbons (Fsp3) is 0.500. The van der Waals surface area contributed by atoms with E-state index in [1.807, 2.05) is 0 Å². The zero-order valence-electron chi connectivity index (χ0n) is 11.2. The first-order chi connectivity index (χ1) is 9.89. The number of halogens is 4. The lowest BCUT2D eigenvalue weighted by atomic mass is 10.1. The Morgan fingerprint density at radius 2 is 2.14 bits per heavy atom. The number of nitrogens with one attached hydrogen (secondary N) is 1. The summed E-state index contributed by atoms with van der Waals surface area (Å²) < 4.78 is 56.8. The molecule has 2 rings (SSSR count). The Hall–Kier alpha value is -1.63. The molecule has 0 saturated carbocycles. The fourth-order valence-corrected chi connectivity index (χ4v) is 2.24. The quantitative estimate of drug-likeness (QED) is 0.868. The van der Waals surface area contributed by atoms with Crippen molar-refractivity contribution >= 4 is 5.91 Å². The second-order valence-electron chi connectivity index (χ2n) is 4.84. The number of hydrogen-bond donors (Lipinski definition) is 1. The number of carbonyl (C=O) groups is 1. The van der Waals surface area contributed by atoms with E-state index in [9.17, 15) is 22.4 Å². The van der Waals surface area contributed by atoms with E-state index < -0.39 is 29.0 Å². The molecule has 21 heavy (non-hydrogen) atoms. The SMILES string of the molecule is O=C(NCCC1CCCO1)c1cccc(C(F)(F)F)c1F. The lowest BCUT2D eigenvalue weighted by Crippen LogP contribution is -2.28. The number of alkyl halides is 3. The zero-order valence-corrected chi connectivity index (χ0v) is 11.2. The van der Waals surface area contributed by atoms with Gasteiger partial charge in [-0.05, 0) is 31.4 Å². The summed E-state index contributed by atoms with van der Waals surface area (Å²) in [6.07, 6.45) is -2.35. The smallest absolute Gasteiger partial charge is 0.378 e. The summed E-state index contributed by atoms with van der Waals surface area (Å²) >= 11 is 0. The molecule has 1 amide bonds. The molecule has 1 saturated heterocycles. The Morgan fingerprint density at radius 3 is 2.76 bits per heavy atom. The topological polar surface area (TPSA) is 38.3 Å². The molecule has 1 atom stereocenters. The van der Waals surface area contributed by atoms with Crippen LogP contribution in [0.5, 0.6) is 0 Å². The number of amides is 1. The van der Waals surface area contributed by atoms with E-state index in [0.717, 1.165) is 25.0 Å². The van der Waals surface area contributed by atoms with Crippen LogP contribution in [0.15, 0.2) is 18.2 Å². The van der Waals surface area contributed by atoms with Crippen LogP contribution in [0.1, 0.15) is 35.2 Å². The molecule has 1 aromatic rings. The maximum Gasteiger partial charge on any atom is 0.419 e. The lowest BCUT2D eigenvalue weighted by Gasteiger charge is -2.12.